The number of rotatable bonds is 3. The molecule has 3 rings (SSSR count). The molecule has 0 radical (unpaired) electrons. The third-order valence-corrected chi connectivity index (χ3v) is 5.30. The molecule has 23 heavy (non-hydrogen) atoms. The second kappa shape index (κ2) is 7.13. The van der Waals surface area contributed by atoms with Crippen molar-refractivity contribution in [3.8, 4) is 0 Å². The number of nitrogens with two attached hydrogens (primary N) is 1. The maximum absolute atomic E-state index is 12.6. The minimum Gasteiger partial charge on any atom is -0.351 e. The van der Waals surface area contributed by atoms with Crippen LogP contribution in [0.15, 0.2) is 30.3 Å². The molecule has 1 saturated carbocycles. The highest BCUT2D eigenvalue weighted by atomic mass is 16.2. The first-order chi connectivity index (χ1) is 11.1. The summed E-state index contributed by atoms with van der Waals surface area (Å²) in [6, 6.07) is 8.44. The summed E-state index contributed by atoms with van der Waals surface area (Å²) in [4.78, 5) is 25.9. The first kappa shape index (κ1) is 16.0. The van der Waals surface area contributed by atoms with Crippen LogP contribution in [-0.2, 0) is 4.79 Å². The number of fused-ring (bicyclic) bond motifs is 1. The number of carbonyl (C=O) groups is 2. The maximum atomic E-state index is 12.6. The van der Waals surface area contributed by atoms with Gasteiger partial charge in [-0.05, 0) is 36.8 Å². The van der Waals surface area contributed by atoms with Gasteiger partial charge < -0.3 is 5.73 Å². The van der Waals surface area contributed by atoms with Crippen molar-refractivity contribution < 1.29 is 9.59 Å². The second-order valence-electron chi connectivity index (χ2n) is 6.75. The number of urea groups is 1. The molecule has 0 bridgehead atoms. The van der Waals surface area contributed by atoms with Crippen LogP contribution in [-0.4, -0.2) is 29.9 Å². The van der Waals surface area contributed by atoms with Gasteiger partial charge in [0.15, 0.2) is 0 Å². The zero-order valence-corrected chi connectivity index (χ0v) is 13.4. The molecule has 1 aliphatic heterocycles. The molecule has 3 amide bonds. The SMILES string of the molecule is NC(=O)NC(=O)[C@H](c1ccccc1)N1CC[C@@H]2CCCC[C@H]2C1. The molecule has 124 valence electrons. The lowest BCUT2D eigenvalue weighted by Gasteiger charge is -2.43. The normalized spacial score (nSPS) is 26.1. The first-order valence-electron chi connectivity index (χ1n) is 8.54. The van der Waals surface area contributed by atoms with E-state index >= 15 is 0 Å². The van der Waals surface area contributed by atoms with Gasteiger partial charge in [0.2, 0.25) is 5.91 Å². The number of likely N-dealkylation sites (tertiary alicyclic amines) is 1. The average molecular weight is 315 g/mol. The van der Waals surface area contributed by atoms with E-state index in [1.54, 1.807) is 0 Å². The fourth-order valence-corrected chi connectivity index (χ4v) is 4.22. The molecule has 1 aliphatic carbocycles. The number of amides is 3. The van der Waals surface area contributed by atoms with Crippen LogP contribution in [0.5, 0.6) is 0 Å². The molecule has 1 saturated heterocycles. The van der Waals surface area contributed by atoms with Crippen LogP contribution in [0.25, 0.3) is 0 Å². The van der Waals surface area contributed by atoms with E-state index in [2.05, 4.69) is 10.2 Å². The number of primary amides is 1. The van der Waals surface area contributed by atoms with E-state index in [4.69, 9.17) is 5.73 Å². The zero-order valence-electron chi connectivity index (χ0n) is 13.4. The summed E-state index contributed by atoms with van der Waals surface area (Å²) in [6.07, 6.45) is 6.34. The fourth-order valence-electron chi connectivity index (χ4n) is 4.22. The molecule has 5 nitrogen and oxygen atoms in total. The van der Waals surface area contributed by atoms with E-state index in [1.807, 2.05) is 30.3 Å². The number of imide groups is 1. The molecule has 3 atom stereocenters. The predicted molar refractivity (Wildman–Crippen MR) is 88.5 cm³/mol. The standard InChI is InChI=1S/C18H25N3O2/c19-18(23)20-17(22)16(14-7-2-1-3-8-14)21-11-10-13-6-4-5-9-15(13)12-21/h1-3,7-8,13,15-16H,4-6,9-12H2,(H3,19,20,22,23)/t13-,15-,16-/m0/s1. The maximum Gasteiger partial charge on any atom is 0.318 e. The summed E-state index contributed by atoms with van der Waals surface area (Å²) in [7, 11) is 0. The topological polar surface area (TPSA) is 75.4 Å². The van der Waals surface area contributed by atoms with Gasteiger partial charge in [-0.1, -0.05) is 49.6 Å². The molecular formula is C18H25N3O2. The number of carbonyl (C=O) groups excluding carboxylic acids is 2. The Labute approximate surface area is 137 Å². The number of piperidine rings is 1. The number of hydrogen-bond acceptors (Lipinski definition) is 3. The van der Waals surface area contributed by atoms with Crippen LogP contribution >= 0.6 is 0 Å². The summed E-state index contributed by atoms with van der Waals surface area (Å²) in [6.45, 7) is 1.82. The van der Waals surface area contributed by atoms with E-state index in [-0.39, 0.29) is 5.91 Å². The Morgan fingerprint density at radius 3 is 2.48 bits per heavy atom. The Balaban J connectivity index is 1.80. The summed E-state index contributed by atoms with van der Waals surface area (Å²) < 4.78 is 0. The van der Waals surface area contributed by atoms with Crippen molar-refractivity contribution in [2.24, 2.45) is 17.6 Å². The largest absolute Gasteiger partial charge is 0.351 e. The lowest BCUT2D eigenvalue weighted by molar-refractivity contribution is -0.127. The highest BCUT2D eigenvalue weighted by molar-refractivity contribution is 5.96. The Kier molecular flexibility index (Phi) is 4.96. The van der Waals surface area contributed by atoms with Crippen LogP contribution in [0.4, 0.5) is 4.79 Å². The third kappa shape index (κ3) is 3.72. The molecule has 0 unspecified atom stereocenters. The van der Waals surface area contributed by atoms with Crippen molar-refractivity contribution in [2.45, 2.75) is 38.1 Å². The van der Waals surface area contributed by atoms with Gasteiger partial charge in [-0.15, -0.1) is 0 Å². The van der Waals surface area contributed by atoms with E-state index < -0.39 is 12.1 Å². The highest BCUT2D eigenvalue weighted by Crippen LogP contribution is 2.38. The van der Waals surface area contributed by atoms with Gasteiger partial charge >= 0.3 is 6.03 Å². The van der Waals surface area contributed by atoms with Crippen LogP contribution in [0.2, 0.25) is 0 Å². The monoisotopic (exact) mass is 315 g/mol. The molecule has 2 aliphatic rings. The Hall–Kier alpha value is -1.88. The lowest BCUT2D eigenvalue weighted by Crippen LogP contribution is -2.49. The summed E-state index contributed by atoms with van der Waals surface area (Å²) in [5, 5.41) is 2.27. The summed E-state index contributed by atoms with van der Waals surface area (Å²) >= 11 is 0. The van der Waals surface area contributed by atoms with E-state index in [9.17, 15) is 9.59 Å². The van der Waals surface area contributed by atoms with Gasteiger partial charge in [-0.2, -0.15) is 0 Å². The molecular weight excluding hydrogens is 290 g/mol. The van der Waals surface area contributed by atoms with E-state index in [0.717, 1.165) is 31.0 Å². The van der Waals surface area contributed by atoms with Crippen molar-refractivity contribution >= 4 is 11.9 Å². The summed E-state index contributed by atoms with van der Waals surface area (Å²) in [5.41, 5.74) is 6.07. The molecule has 3 N–H and O–H groups in total. The van der Waals surface area contributed by atoms with Crippen molar-refractivity contribution in [1.29, 1.82) is 0 Å². The van der Waals surface area contributed by atoms with E-state index in [0.29, 0.717) is 5.92 Å². The van der Waals surface area contributed by atoms with Gasteiger partial charge in [0.05, 0.1) is 0 Å². The third-order valence-electron chi connectivity index (χ3n) is 5.30. The number of benzene rings is 1. The average Bonchev–Trinajstić information content (AvgIpc) is 2.55. The molecule has 1 aromatic rings. The molecule has 0 aromatic heterocycles. The van der Waals surface area contributed by atoms with Gasteiger partial charge in [0.25, 0.3) is 0 Å². The molecule has 5 heteroatoms. The summed E-state index contributed by atoms with van der Waals surface area (Å²) in [5.74, 6) is 1.15. The van der Waals surface area contributed by atoms with Gasteiger partial charge in [0, 0.05) is 6.54 Å². The molecule has 1 aromatic carbocycles. The Bertz CT molecular complexity index is 561. The van der Waals surface area contributed by atoms with Crippen molar-refractivity contribution in [3.05, 3.63) is 35.9 Å². The van der Waals surface area contributed by atoms with Crippen molar-refractivity contribution in [3.63, 3.8) is 0 Å². The Morgan fingerprint density at radius 1 is 1.09 bits per heavy atom. The lowest BCUT2D eigenvalue weighted by atomic mass is 9.74. The highest BCUT2D eigenvalue weighted by Gasteiger charge is 2.37. The van der Waals surface area contributed by atoms with Gasteiger partial charge in [-0.25, -0.2) is 4.79 Å². The zero-order chi connectivity index (χ0) is 16.2. The van der Waals surface area contributed by atoms with E-state index in [1.165, 1.54) is 25.7 Å². The molecule has 0 spiro atoms. The molecule has 1 heterocycles. The second-order valence-corrected chi connectivity index (χ2v) is 6.75. The van der Waals surface area contributed by atoms with Crippen molar-refractivity contribution in [2.75, 3.05) is 13.1 Å². The Morgan fingerprint density at radius 2 is 1.78 bits per heavy atom. The van der Waals surface area contributed by atoms with Gasteiger partial charge in [-0.3, -0.25) is 15.0 Å². The quantitative estimate of drug-likeness (QED) is 0.899. The smallest absolute Gasteiger partial charge is 0.318 e. The van der Waals surface area contributed by atoms with Crippen LogP contribution < -0.4 is 11.1 Å². The molecule has 2 fully saturated rings. The minimum absolute atomic E-state index is 0.321. The van der Waals surface area contributed by atoms with Gasteiger partial charge in [0.1, 0.15) is 6.04 Å². The fraction of sp³-hybridized carbons (Fsp3) is 0.556. The van der Waals surface area contributed by atoms with Crippen LogP contribution in [0.1, 0.15) is 43.7 Å². The van der Waals surface area contributed by atoms with Crippen LogP contribution in [0, 0.1) is 11.8 Å². The minimum atomic E-state index is -0.788. The predicted octanol–water partition coefficient (Wildman–Crippen LogP) is 2.43. The van der Waals surface area contributed by atoms with Crippen molar-refractivity contribution in [1.82, 2.24) is 10.2 Å². The van der Waals surface area contributed by atoms with Crippen LogP contribution in [0.3, 0.4) is 0 Å². The number of hydrogen-bond donors (Lipinski definition) is 2. The number of nitrogens with one attached hydrogen (secondary N) is 1. The number of nitrogens with zero attached hydrogens (tertiary/aromatic N) is 1. The first-order valence-corrected chi connectivity index (χ1v) is 8.54.